The van der Waals surface area contributed by atoms with Gasteiger partial charge in [0.2, 0.25) is 0 Å². The van der Waals surface area contributed by atoms with Crippen LogP contribution in [0.5, 0.6) is 0 Å². The lowest BCUT2D eigenvalue weighted by molar-refractivity contribution is 0.0182. The summed E-state index contributed by atoms with van der Waals surface area (Å²) in [6.45, 7) is 1.82. The van der Waals surface area contributed by atoms with Gasteiger partial charge in [0.15, 0.2) is 0 Å². The number of hydrogen-bond donors (Lipinski definition) is 2. The number of aliphatic hydroxyl groups excluding tert-OH is 2. The Kier molecular flexibility index (Phi) is 4.87. The molecule has 0 fully saturated rings. The van der Waals surface area contributed by atoms with Gasteiger partial charge in [-0.25, -0.2) is 0 Å². The Morgan fingerprint density at radius 2 is 1.80 bits per heavy atom. The van der Waals surface area contributed by atoms with Crippen LogP contribution in [0, 0.1) is 0 Å². The maximum atomic E-state index is 9.61. The largest absolute Gasteiger partial charge is 0.390 e. The zero-order valence-corrected chi connectivity index (χ0v) is 9.96. The molecule has 2 atom stereocenters. The van der Waals surface area contributed by atoms with Crippen LogP contribution in [0.1, 0.15) is 18.9 Å². The van der Waals surface area contributed by atoms with Gasteiger partial charge in [-0.05, 0) is 24.1 Å². The number of aliphatic hydroxyl groups is 2. The van der Waals surface area contributed by atoms with Gasteiger partial charge in [0, 0.05) is 6.42 Å². The average Bonchev–Trinajstić information content (AvgIpc) is 2.22. The monoisotopic (exact) mass is 248 g/mol. The molecule has 2 N–H and O–H groups in total. The van der Waals surface area contributed by atoms with Gasteiger partial charge in [-0.15, -0.1) is 0 Å². The number of benzene rings is 1. The number of rotatable bonds is 4. The van der Waals surface area contributed by atoms with Crippen molar-refractivity contribution in [3.8, 4) is 0 Å². The zero-order valence-electron chi connectivity index (χ0n) is 8.45. The van der Waals surface area contributed by atoms with E-state index in [9.17, 15) is 10.2 Å². The fourth-order valence-corrected chi connectivity index (χ4v) is 1.64. The maximum absolute atomic E-state index is 9.61. The molecular weight excluding hydrogens is 235 g/mol. The molecule has 2 nitrogen and oxygen atoms in total. The summed E-state index contributed by atoms with van der Waals surface area (Å²) in [4.78, 5) is 0. The molecule has 0 radical (unpaired) electrons. The van der Waals surface area contributed by atoms with Crippen LogP contribution in [0.25, 0.3) is 0 Å². The molecule has 0 bridgehead atoms. The highest BCUT2D eigenvalue weighted by molar-refractivity contribution is 6.42. The molecule has 15 heavy (non-hydrogen) atoms. The van der Waals surface area contributed by atoms with Gasteiger partial charge in [0.05, 0.1) is 22.3 Å². The Hall–Kier alpha value is -0.280. The second kappa shape index (κ2) is 5.71. The Morgan fingerprint density at radius 1 is 1.13 bits per heavy atom. The van der Waals surface area contributed by atoms with Crippen molar-refractivity contribution in [3.05, 3.63) is 33.8 Å². The van der Waals surface area contributed by atoms with Crippen molar-refractivity contribution in [2.45, 2.75) is 32.0 Å². The average molecular weight is 249 g/mol. The second-order valence-corrected chi connectivity index (χ2v) is 4.31. The normalized spacial score (nSPS) is 15.0. The number of hydrogen-bond acceptors (Lipinski definition) is 2. The smallest absolute Gasteiger partial charge is 0.0839 e. The first-order valence-corrected chi connectivity index (χ1v) is 5.60. The van der Waals surface area contributed by atoms with Gasteiger partial charge in [0.25, 0.3) is 0 Å². The van der Waals surface area contributed by atoms with Crippen molar-refractivity contribution < 1.29 is 10.2 Å². The Labute approximate surface area is 99.5 Å². The van der Waals surface area contributed by atoms with Crippen LogP contribution in [0.4, 0.5) is 0 Å². The summed E-state index contributed by atoms with van der Waals surface area (Å²) in [6, 6.07) is 5.18. The molecule has 0 heterocycles. The highest BCUT2D eigenvalue weighted by atomic mass is 35.5. The first kappa shape index (κ1) is 12.8. The fraction of sp³-hybridized carbons (Fsp3) is 0.455. The number of halogens is 2. The van der Waals surface area contributed by atoms with E-state index < -0.39 is 12.2 Å². The minimum atomic E-state index is -0.757. The van der Waals surface area contributed by atoms with Crippen LogP contribution in [0.3, 0.4) is 0 Å². The predicted octanol–water partition coefficient (Wildman–Crippen LogP) is 2.67. The third kappa shape index (κ3) is 3.65. The molecule has 2 unspecified atom stereocenters. The summed E-state index contributed by atoms with van der Waals surface area (Å²) in [5.74, 6) is 0. The second-order valence-electron chi connectivity index (χ2n) is 3.50. The van der Waals surface area contributed by atoms with Crippen LogP contribution in [-0.2, 0) is 6.42 Å². The fourth-order valence-electron chi connectivity index (χ4n) is 1.32. The summed E-state index contributed by atoms with van der Waals surface area (Å²) in [5, 5.41) is 20.0. The van der Waals surface area contributed by atoms with Gasteiger partial charge >= 0.3 is 0 Å². The van der Waals surface area contributed by atoms with E-state index in [4.69, 9.17) is 23.2 Å². The van der Waals surface area contributed by atoms with Crippen molar-refractivity contribution in [1.29, 1.82) is 0 Å². The van der Waals surface area contributed by atoms with E-state index in [2.05, 4.69) is 0 Å². The molecule has 84 valence electrons. The summed E-state index contributed by atoms with van der Waals surface area (Å²) >= 11 is 11.6. The minimum Gasteiger partial charge on any atom is -0.390 e. The lowest BCUT2D eigenvalue weighted by Crippen LogP contribution is -2.27. The van der Waals surface area contributed by atoms with E-state index in [0.717, 1.165) is 5.56 Å². The lowest BCUT2D eigenvalue weighted by Gasteiger charge is -2.16. The molecule has 0 spiro atoms. The molecule has 0 saturated heterocycles. The molecule has 0 saturated carbocycles. The first-order chi connectivity index (χ1) is 7.04. The van der Waals surface area contributed by atoms with E-state index >= 15 is 0 Å². The minimum absolute atomic E-state index is 0.381. The van der Waals surface area contributed by atoms with Gasteiger partial charge in [-0.3, -0.25) is 0 Å². The predicted molar refractivity (Wildman–Crippen MR) is 62.5 cm³/mol. The standard InChI is InChI=1S/C11H14Cl2O2/c1-2-10(14)11(15)6-7-3-4-8(12)9(13)5-7/h3-5,10-11,14-15H,2,6H2,1H3. The van der Waals surface area contributed by atoms with Crippen molar-refractivity contribution >= 4 is 23.2 Å². The summed E-state index contributed by atoms with van der Waals surface area (Å²) < 4.78 is 0. The molecule has 0 aliphatic heterocycles. The third-order valence-electron chi connectivity index (χ3n) is 2.29. The molecule has 0 aromatic heterocycles. The van der Waals surface area contributed by atoms with Crippen LogP contribution in [-0.4, -0.2) is 22.4 Å². The van der Waals surface area contributed by atoms with Crippen molar-refractivity contribution in [3.63, 3.8) is 0 Å². The molecule has 0 aliphatic carbocycles. The summed E-state index contributed by atoms with van der Waals surface area (Å²) in [7, 11) is 0. The van der Waals surface area contributed by atoms with E-state index in [-0.39, 0.29) is 0 Å². The Balaban J connectivity index is 2.68. The molecule has 0 amide bonds. The van der Waals surface area contributed by atoms with Crippen LogP contribution < -0.4 is 0 Å². The molecule has 1 rings (SSSR count). The van der Waals surface area contributed by atoms with E-state index in [1.54, 1.807) is 18.2 Å². The third-order valence-corrected chi connectivity index (χ3v) is 3.03. The summed E-state index contributed by atoms with van der Waals surface area (Å²) in [5.41, 5.74) is 0.865. The zero-order chi connectivity index (χ0) is 11.4. The summed E-state index contributed by atoms with van der Waals surface area (Å²) in [6.07, 6.45) is -0.541. The van der Waals surface area contributed by atoms with Crippen molar-refractivity contribution in [1.82, 2.24) is 0 Å². The molecule has 1 aromatic carbocycles. The van der Waals surface area contributed by atoms with E-state index in [1.807, 2.05) is 6.92 Å². The van der Waals surface area contributed by atoms with Gasteiger partial charge < -0.3 is 10.2 Å². The van der Waals surface area contributed by atoms with Crippen molar-refractivity contribution in [2.24, 2.45) is 0 Å². The molecular formula is C11H14Cl2O2. The Morgan fingerprint density at radius 3 is 2.33 bits per heavy atom. The molecule has 4 heteroatoms. The first-order valence-electron chi connectivity index (χ1n) is 4.84. The Bertz CT molecular complexity index is 328. The van der Waals surface area contributed by atoms with E-state index in [1.165, 1.54) is 0 Å². The molecule has 0 aliphatic rings. The quantitative estimate of drug-likeness (QED) is 0.861. The lowest BCUT2D eigenvalue weighted by atomic mass is 10.0. The van der Waals surface area contributed by atoms with Gasteiger partial charge in [-0.1, -0.05) is 36.2 Å². The highest BCUT2D eigenvalue weighted by Gasteiger charge is 2.14. The van der Waals surface area contributed by atoms with Gasteiger partial charge in [0.1, 0.15) is 0 Å². The maximum Gasteiger partial charge on any atom is 0.0839 e. The topological polar surface area (TPSA) is 40.5 Å². The van der Waals surface area contributed by atoms with E-state index in [0.29, 0.717) is 22.9 Å². The van der Waals surface area contributed by atoms with Crippen LogP contribution in [0.2, 0.25) is 10.0 Å². The van der Waals surface area contributed by atoms with Gasteiger partial charge in [-0.2, -0.15) is 0 Å². The van der Waals surface area contributed by atoms with Crippen LogP contribution in [0.15, 0.2) is 18.2 Å². The van der Waals surface area contributed by atoms with Crippen molar-refractivity contribution in [2.75, 3.05) is 0 Å². The van der Waals surface area contributed by atoms with Crippen LogP contribution >= 0.6 is 23.2 Å². The molecule has 1 aromatic rings. The SMILES string of the molecule is CCC(O)C(O)Cc1ccc(Cl)c(Cl)c1. The highest BCUT2D eigenvalue weighted by Crippen LogP contribution is 2.23.